The Labute approximate surface area is 114 Å². The average Bonchev–Trinajstić information content (AvgIpc) is 2.46. The van der Waals surface area contributed by atoms with Crippen LogP contribution in [0.15, 0.2) is 57.7 Å². The van der Waals surface area contributed by atoms with Crippen molar-refractivity contribution in [1.29, 1.82) is 5.26 Å². The molecule has 3 aromatic rings. The van der Waals surface area contributed by atoms with Gasteiger partial charge in [0.05, 0.1) is 17.2 Å². The summed E-state index contributed by atoms with van der Waals surface area (Å²) in [6, 6.07) is 15.1. The molecular formula is C16H9NO3. The number of nitrogens with zero attached hydrogens (tertiary/aromatic N) is 1. The van der Waals surface area contributed by atoms with E-state index in [1.807, 2.05) is 6.07 Å². The van der Waals surface area contributed by atoms with Gasteiger partial charge in [0.2, 0.25) is 0 Å². The molecular weight excluding hydrogens is 254 g/mol. The number of phenols is 1. The Morgan fingerprint density at radius 3 is 2.50 bits per heavy atom. The van der Waals surface area contributed by atoms with E-state index in [9.17, 15) is 9.90 Å². The number of nitriles is 1. The second-order valence-electron chi connectivity index (χ2n) is 4.36. The molecule has 0 saturated heterocycles. The molecule has 4 heteroatoms. The molecule has 1 N–H and O–H groups in total. The van der Waals surface area contributed by atoms with Crippen LogP contribution in [-0.4, -0.2) is 5.11 Å². The summed E-state index contributed by atoms with van der Waals surface area (Å²) in [6.07, 6.45) is 0. The molecule has 0 aliphatic rings. The largest absolute Gasteiger partial charge is 0.508 e. The fourth-order valence-corrected chi connectivity index (χ4v) is 2.03. The van der Waals surface area contributed by atoms with Crippen molar-refractivity contribution in [2.24, 2.45) is 0 Å². The van der Waals surface area contributed by atoms with E-state index in [-0.39, 0.29) is 5.75 Å². The van der Waals surface area contributed by atoms with Crippen LogP contribution < -0.4 is 5.63 Å². The Balaban J connectivity index is 2.20. The van der Waals surface area contributed by atoms with Crippen LogP contribution in [-0.2, 0) is 0 Å². The maximum atomic E-state index is 12.0. The second-order valence-corrected chi connectivity index (χ2v) is 4.36. The van der Waals surface area contributed by atoms with Crippen molar-refractivity contribution in [3.05, 3.63) is 64.5 Å². The minimum Gasteiger partial charge on any atom is -0.508 e. The standard InChI is InChI=1S/C16H9NO3/c17-9-10-1-3-11(4-2-10)14-7-12-5-6-13(18)8-15(12)20-16(14)19/h1-8,18H. The van der Waals surface area contributed by atoms with E-state index in [2.05, 4.69) is 0 Å². The summed E-state index contributed by atoms with van der Waals surface area (Å²) in [5.74, 6) is 0.0479. The minimum absolute atomic E-state index is 0.0479. The Bertz CT molecular complexity index is 886. The number of hydrogen-bond acceptors (Lipinski definition) is 4. The Morgan fingerprint density at radius 1 is 1.05 bits per heavy atom. The molecule has 4 nitrogen and oxygen atoms in total. The van der Waals surface area contributed by atoms with Gasteiger partial charge in [-0.2, -0.15) is 5.26 Å². The van der Waals surface area contributed by atoms with Gasteiger partial charge < -0.3 is 9.52 Å². The van der Waals surface area contributed by atoms with Crippen LogP contribution in [0.3, 0.4) is 0 Å². The third kappa shape index (κ3) is 2.02. The van der Waals surface area contributed by atoms with E-state index < -0.39 is 5.63 Å². The number of fused-ring (bicyclic) bond motifs is 1. The van der Waals surface area contributed by atoms with Gasteiger partial charge in [0.25, 0.3) is 0 Å². The van der Waals surface area contributed by atoms with Crippen molar-refractivity contribution in [2.75, 3.05) is 0 Å². The highest BCUT2D eigenvalue weighted by molar-refractivity contribution is 5.82. The summed E-state index contributed by atoms with van der Waals surface area (Å²) in [5.41, 5.74) is 1.50. The fourth-order valence-electron chi connectivity index (χ4n) is 2.03. The van der Waals surface area contributed by atoms with Crippen LogP contribution in [0, 0.1) is 11.3 Å². The number of phenolic OH excluding ortho intramolecular Hbond substituents is 1. The molecule has 3 rings (SSSR count). The monoisotopic (exact) mass is 263 g/mol. The maximum absolute atomic E-state index is 12.0. The zero-order valence-electron chi connectivity index (χ0n) is 10.3. The molecule has 20 heavy (non-hydrogen) atoms. The summed E-state index contributed by atoms with van der Waals surface area (Å²) in [5, 5.41) is 18.9. The smallest absolute Gasteiger partial charge is 0.344 e. The molecule has 0 radical (unpaired) electrons. The van der Waals surface area contributed by atoms with Crippen LogP contribution >= 0.6 is 0 Å². The molecule has 0 amide bonds. The number of benzene rings is 2. The normalized spacial score (nSPS) is 10.3. The molecule has 96 valence electrons. The van der Waals surface area contributed by atoms with Gasteiger partial charge in [0.15, 0.2) is 0 Å². The van der Waals surface area contributed by atoms with Gasteiger partial charge >= 0.3 is 5.63 Å². The van der Waals surface area contributed by atoms with E-state index in [0.29, 0.717) is 22.3 Å². The summed E-state index contributed by atoms with van der Waals surface area (Å²) in [7, 11) is 0. The molecule has 0 unspecified atom stereocenters. The van der Waals surface area contributed by atoms with Crippen molar-refractivity contribution in [2.45, 2.75) is 0 Å². The molecule has 0 bridgehead atoms. The highest BCUT2D eigenvalue weighted by Crippen LogP contribution is 2.23. The lowest BCUT2D eigenvalue weighted by Gasteiger charge is -2.03. The summed E-state index contributed by atoms with van der Waals surface area (Å²) in [6.45, 7) is 0. The van der Waals surface area contributed by atoms with Crippen molar-refractivity contribution >= 4 is 11.0 Å². The lowest BCUT2D eigenvalue weighted by Crippen LogP contribution is -2.02. The summed E-state index contributed by atoms with van der Waals surface area (Å²) in [4.78, 5) is 12.0. The number of aromatic hydroxyl groups is 1. The first kappa shape index (κ1) is 12.0. The van der Waals surface area contributed by atoms with Crippen LogP contribution in [0.5, 0.6) is 5.75 Å². The van der Waals surface area contributed by atoms with Gasteiger partial charge in [-0.3, -0.25) is 0 Å². The minimum atomic E-state index is -0.479. The fraction of sp³-hybridized carbons (Fsp3) is 0. The molecule has 1 aromatic heterocycles. The number of hydrogen-bond donors (Lipinski definition) is 1. The van der Waals surface area contributed by atoms with Gasteiger partial charge in [0, 0.05) is 11.5 Å². The van der Waals surface area contributed by atoms with E-state index >= 15 is 0 Å². The number of rotatable bonds is 1. The summed E-state index contributed by atoms with van der Waals surface area (Å²) >= 11 is 0. The van der Waals surface area contributed by atoms with E-state index in [1.54, 1.807) is 36.4 Å². The van der Waals surface area contributed by atoms with Crippen molar-refractivity contribution < 1.29 is 9.52 Å². The third-order valence-corrected chi connectivity index (χ3v) is 3.04. The topological polar surface area (TPSA) is 74.2 Å². The first-order valence-corrected chi connectivity index (χ1v) is 5.95. The highest BCUT2D eigenvalue weighted by atomic mass is 16.4. The predicted octanol–water partition coefficient (Wildman–Crippen LogP) is 3.04. The lowest BCUT2D eigenvalue weighted by molar-refractivity contribution is 0.473. The van der Waals surface area contributed by atoms with Gasteiger partial charge in [-0.1, -0.05) is 12.1 Å². The quantitative estimate of drug-likeness (QED) is 0.685. The maximum Gasteiger partial charge on any atom is 0.344 e. The molecule has 1 heterocycles. The predicted molar refractivity (Wildman–Crippen MR) is 74.3 cm³/mol. The molecule has 2 aromatic carbocycles. The van der Waals surface area contributed by atoms with Crippen LogP contribution in [0.4, 0.5) is 0 Å². The molecule has 0 saturated carbocycles. The first-order chi connectivity index (χ1) is 9.67. The van der Waals surface area contributed by atoms with Gasteiger partial charge in [-0.05, 0) is 35.9 Å². The molecule has 0 aliphatic carbocycles. The van der Waals surface area contributed by atoms with Gasteiger partial charge in [0.1, 0.15) is 11.3 Å². The lowest BCUT2D eigenvalue weighted by atomic mass is 10.0. The Kier molecular flexibility index (Phi) is 2.73. The van der Waals surface area contributed by atoms with Crippen LogP contribution in [0.2, 0.25) is 0 Å². The second kappa shape index (κ2) is 4.56. The zero-order valence-corrected chi connectivity index (χ0v) is 10.3. The molecule has 0 fully saturated rings. The zero-order chi connectivity index (χ0) is 14.1. The van der Waals surface area contributed by atoms with Crippen molar-refractivity contribution in [3.63, 3.8) is 0 Å². The van der Waals surface area contributed by atoms with Gasteiger partial charge in [-0.25, -0.2) is 4.79 Å². The molecule has 0 atom stereocenters. The highest BCUT2D eigenvalue weighted by Gasteiger charge is 2.08. The van der Waals surface area contributed by atoms with Crippen LogP contribution in [0.25, 0.3) is 22.1 Å². The van der Waals surface area contributed by atoms with E-state index in [1.165, 1.54) is 12.1 Å². The van der Waals surface area contributed by atoms with Gasteiger partial charge in [-0.15, -0.1) is 0 Å². The van der Waals surface area contributed by atoms with E-state index in [4.69, 9.17) is 9.68 Å². The Morgan fingerprint density at radius 2 is 1.80 bits per heavy atom. The Hall–Kier alpha value is -3.06. The first-order valence-electron chi connectivity index (χ1n) is 5.95. The molecule has 0 spiro atoms. The summed E-state index contributed by atoms with van der Waals surface area (Å²) < 4.78 is 5.20. The van der Waals surface area contributed by atoms with Crippen LogP contribution in [0.1, 0.15) is 5.56 Å². The average molecular weight is 263 g/mol. The third-order valence-electron chi connectivity index (χ3n) is 3.04. The van der Waals surface area contributed by atoms with E-state index in [0.717, 1.165) is 5.39 Å². The van der Waals surface area contributed by atoms with Crippen molar-refractivity contribution in [3.8, 4) is 22.9 Å². The SMILES string of the molecule is N#Cc1ccc(-c2cc3ccc(O)cc3oc2=O)cc1. The van der Waals surface area contributed by atoms with Crippen molar-refractivity contribution in [1.82, 2.24) is 0 Å². The molecule has 0 aliphatic heterocycles.